The Labute approximate surface area is 215 Å². The van der Waals surface area contributed by atoms with Gasteiger partial charge < -0.3 is 19.2 Å². The van der Waals surface area contributed by atoms with Gasteiger partial charge in [-0.1, -0.05) is 18.2 Å². The van der Waals surface area contributed by atoms with Gasteiger partial charge >= 0.3 is 12.0 Å². The number of furan rings is 1. The van der Waals surface area contributed by atoms with Crippen molar-refractivity contribution < 1.29 is 32.7 Å². The molecule has 11 heteroatoms. The van der Waals surface area contributed by atoms with Gasteiger partial charge in [0, 0.05) is 5.56 Å². The van der Waals surface area contributed by atoms with E-state index in [1.165, 1.54) is 31.4 Å². The van der Waals surface area contributed by atoms with Gasteiger partial charge in [-0.2, -0.15) is 0 Å². The van der Waals surface area contributed by atoms with Gasteiger partial charge in [0.25, 0.3) is 5.91 Å². The Balaban J connectivity index is 1.48. The van der Waals surface area contributed by atoms with Crippen LogP contribution in [-0.4, -0.2) is 29.9 Å². The number of imide groups is 1. The molecule has 1 fully saturated rings. The molecule has 0 saturated carbocycles. The fourth-order valence-electron chi connectivity index (χ4n) is 3.28. The quantitative estimate of drug-likeness (QED) is 0.219. The van der Waals surface area contributed by atoms with Crippen molar-refractivity contribution in [3.05, 3.63) is 91.6 Å². The van der Waals surface area contributed by atoms with E-state index in [9.17, 15) is 18.8 Å². The zero-order chi connectivity index (χ0) is 25.1. The molecular weight excluding hydrogens is 591 g/mol. The van der Waals surface area contributed by atoms with E-state index in [4.69, 9.17) is 9.15 Å². The molecule has 1 saturated heterocycles. The molecule has 0 aliphatic carbocycles. The highest BCUT2D eigenvalue weighted by molar-refractivity contribution is 9.11. The Bertz CT molecular complexity index is 1330. The summed E-state index contributed by atoms with van der Waals surface area (Å²) in [6.45, 7) is -0.131. The predicted molar refractivity (Wildman–Crippen MR) is 130 cm³/mol. The monoisotopic (exact) mass is 606 g/mol. The average Bonchev–Trinajstić information content (AvgIpc) is 3.39. The van der Waals surface area contributed by atoms with Crippen LogP contribution in [0.1, 0.15) is 27.4 Å². The molecule has 0 spiro atoms. The zero-order valence-corrected chi connectivity index (χ0v) is 21.3. The molecule has 1 aromatic heterocycles. The fraction of sp³-hybridized carbons (Fsp3) is 0.125. The van der Waals surface area contributed by atoms with Crippen molar-refractivity contribution in [3.63, 3.8) is 0 Å². The summed E-state index contributed by atoms with van der Waals surface area (Å²) < 4.78 is 30.7. The zero-order valence-electron chi connectivity index (χ0n) is 18.1. The molecule has 8 nitrogen and oxygen atoms in total. The number of hydrogen-bond donors (Lipinski definition) is 1. The summed E-state index contributed by atoms with van der Waals surface area (Å²) in [5.41, 5.74) is 1.07. The van der Waals surface area contributed by atoms with Crippen LogP contribution in [-0.2, 0) is 22.7 Å². The van der Waals surface area contributed by atoms with Gasteiger partial charge in [0.05, 0.1) is 22.6 Å². The van der Waals surface area contributed by atoms with Gasteiger partial charge in [0.15, 0.2) is 0 Å². The number of nitrogens with zero attached hydrogens (tertiary/aromatic N) is 1. The maximum absolute atomic E-state index is 13.9. The van der Waals surface area contributed by atoms with Crippen LogP contribution in [0.3, 0.4) is 0 Å². The second-order valence-electron chi connectivity index (χ2n) is 7.33. The third-order valence-corrected chi connectivity index (χ3v) is 6.16. The molecule has 35 heavy (non-hydrogen) atoms. The number of rotatable bonds is 7. The number of ether oxygens (including phenoxy) is 2. The van der Waals surface area contributed by atoms with E-state index in [1.54, 1.807) is 30.3 Å². The highest BCUT2D eigenvalue weighted by Crippen LogP contribution is 2.36. The van der Waals surface area contributed by atoms with Gasteiger partial charge in [-0.25, -0.2) is 14.0 Å². The number of benzene rings is 2. The normalized spacial score (nSPS) is 14.4. The molecule has 3 amide bonds. The first-order valence-electron chi connectivity index (χ1n) is 10.1. The lowest BCUT2D eigenvalue weighted by atomic mass is 10.1. The van der Waals surface area contributed by atoms with E-state index in [1.807, 2.05) is 0 Å². The molecule has 1 aliphatic rings. The first kappa shape index (κ1) is 24.7. The van der Waals surface area contributed by atoms with Crippen LogP contribution in [0.5, 0.6) is 5.75 Å². The molecule has 1 aliphatic heterocycles. The molecule has 0 radical (unpaired) electrons. The molecule has 0 atom stereocenters. The van der Waals surface area contributed by atoms with Crippen LogP contribution in [0.25, 0.3) is 6.08 Å². The molecule has 0 bridgehead atoms. The topological polar surface area (TPSA) is 98.1 Å². The molecule has 2 heterocycles. The molecule has 4 rings (SSSR count). The third kappa shape index (κ3) is 5.46. The minimum Gasteiger partial charge on any atom is -0.486 e. The summed E-state index contributed by atoms with van der Waals surface area (Å²) in [7, 11) is 1.22. The van der Waals surface area contributed by atoms with Crippen molar-refractivity contribution in [2.45, 2.75) is 13.2 Å². The molecule has 180 valence electrons. The van der Waals surface area contributed by atoms with E-state index in [2.05, 4.69) is 41.9 Å². The minimum absolute atomic E-state index is 0.0261. The standard InChI is InChI=1S/C24H17Br2FN2O6/c1-33-23(31)20-7-6-15(35-20)11-29-22(30)19(28-24(29)32)10-13-8-16(25)21(17(26)9-13)34-12-14-4-2-3-5-18(14)27/h2-10H,11-12H2,1H3,(H,28,32)/b19-10-. The Morgan fingerprint density at radius 2 is 1.86 bits per heavy atom. The number of carbonyl (C=O) groups is 3. The largest absolute Gasteiger partial charge is 0.486 e. The molecular formula is C24H17Br2FN2O6. The van der Waals surface area contributed by atoms with Crippen LogP contribution >= 0.6 is 31.9 Å². The summed E-state index contributed by atoms with van der Waals surface area (Å²) in [4.78, 5) is 37.7. The van der Waals surface area contributed by atoms with Crippen LogP contribution < -0.4 is 10.1 Å². The first-order valence-corrected chi connectivity index (χ1v) is 11.7. The van der Waals surface area contributed by atoms with Crippen molar-refractivity contribution in [2.75, 3.05) is 7.11 Å². The average molecular weight is 608 g/mol. The highest BCUT2D eigenvalue weighted by Gasteiger charge is 2.34. The van der Waals surface area contributed by atoms with Crippen LogP contribution in [0.4, 0.5) is 9.18 Å². The lowest BCUT2D eigenvalue weighted by Gasteiger charge is -2.12. The summed E-state index contributed by atoms with van der Waals surface area (Å²) in [5, 5.41) is 2.53. The fourth-order valence-corrected chi connectivity index (χ4v) is 4.73. The van der Waals surface area contributed by atoms with Crippen LogP contribution in [0.15, 0.2) is 67.6 Å². The van der Waals surface area contributed by atoms with E-state index < -0.39 is 17.9 Å². The molecule has 3 aromatic rings. The minimum atomic E-state index is -0.661. The number of methoxy groups -OCH3 is 1. The van der Waals surface area contributed by atoms with Gasteiger partial charge in [0.2, 0.25) is 5.76 Å². The van der Waals surface area contributed by atoms with Gasteiger partial charge in [-0.15, -0.1) is 0 Å². The number of hydrogen-bond acceptors (Lipinski definition) is 6. The summed E-state index contributed by atoms with van der Waals surface area (Å²) in [5.74, 6) is -0.908. The van der Waals surface area contributed by atoms with Gasteiger partial charge in [-0.05, 0) is 73.8 Å². The van der Waals surface area contributed by atoms with E-state index in [-0.39, 0.29) is 36.2 Å². The number of halogens is 3. The van der Waals surface area contributed by atoms with Crippen molar-refractivity contribution in [3.8, 4) is 5.75 Å². The first-order chi connectivity index (χ1) is 16.8. The maximum atomic E-state index is 13.9. The van der Waals surface area contributed by atoms with Gasteiger partial charge in [-0.3, -0.25) is 9.69 Å². The van der Waals surface area contributed by atoms with E-state index >= 15 is 0 Å². The summed E-state index contributed by atoms with van der Waals surface area (Å²) in [6.07, 6.45) is 1.51. The second kappa shape index (κ2) is 10.4. The van der Waals surface area contributed by atoms with Crippen molar-refractivity contribution >= 4 is 55.8 Å². The number of carbonyl (C=O) groups excluding carboxylic acids is 3. The molecule has 0 unspecified atom stereocenters. The summed E-state index contributed by atoms with van der Waals surface area (Å²) in [6, 6.07) is 12.0. The Morgan fingerprint density at radius 1 is 1.14 bits per heavy atom. The Hall–Kier alpha value is -3.44. The van der Waals surface area contributed by atoms with Crippen LogP contribution in [0.2, 0.25) is 0 Å². The lowest BCUT2D eigenvalue weighted by Crippen LogP contribution is -2.30. The molecule has 2 aromatic carbocycles. The Morgan fingerprint density at radius 3 is 2.54 bits per heavy atom. The lowest BCUT2D eigenvalue weighted by molar-refractivity contribution is -0.123. The highest BCUT2D eigenvalue weighted by atomic mass is 79.9. The third-order valence-electron chi connectivity index (χ3n) is 4.99. The second-order valence-corrected chi connectivity index (χ2v) is 9.04. The van der Waals surface area contributed by atoms with Crippen molar-refractivity contribution in [2.24, 2.45) is 0 Å². The van der Waals surface area contributed by atoms with Gasteiger partial charge in [0.1, 0.15) is 29.6 Å². The van der Waals surface area contributed by atoms with E-state index in [0.717, 1.165) is 4.90 Å². The maximum Gasteiger partial charge on any atom is 0.373 e. The number of nitrogens with one attached hydrogen (secondary N) is 1. The summed E-state index contributed by atoms with van der Waals surface area (Å²) >= 11 is 6.86. The SMILES string of the molecule is COC(=O)c1ccc(CN2C(=O)N/C(=C\c3cc(Br)c(OCc4ccccc4F)c(Br)c3)C2=O)o1. The van der Waals surface area contributed by atoms with Crippen molar-refractivity contribution in [1.82, 2.24) is 10.2 Å². The molecule has 1 N–H and O–H groups in total. The number of urea groups is 1. The predicted octanol–water partition coefficient (Wildman–Crippen LogP) is 5.40. The van der Waals surface area contributed by atoms with E-state index in [0.29, 0.717) is 25.8 Å². The van der Waals surface area contributed by atoms with Crippen molar-refractivity contribution in [1.29, 1.82) is 0 Å². The number of esters is 1. The smallest absolute Gasteiger partial charge is 0.373 e. The van der Waals surface area contributed by atoms with Crippen LogP contribution in [0, 0.1) is 5.82 Å². The number of amides is 3. The Kier molecular flexibility index (Phi) is 7.37.